The molecule has 1 heterocycles. The van der Waals surface area contributed by atoms with Crippen LogP contribution in [-0.4, -0.2) is 16.5 Å². The van der Waals surface area contributed by atoms with Crippen LogP contribution in [0.3, 0.4) is 0 Å². The van der Waals surface area contributed by atoms with Gasteiger partial charge in [0, 0.05) is 25.1 Å². The average molecular weight is 289 g/mol. The van der Waals surface area contributed by atoms with Gasteiger partial charge < -0.3 is 10.1 Å². The fraction of sp³-hybridized carbons (Fsp3) is 0.375. The summed E-state index contributed by atoms with van der Waals surface area (Å²) in [6, 6.07) is 6.50. The maximum atomic E-state index is 13.6. The molecular formula is C16H20FN3O. The summed E-state index contributed by atoms with van der Waals surface area (Å²) in [5.41, 5.74) is 0.588. The second-order valence-corrected chi connectivity index (χ2v) is 4.80. The van der Waals surface area contributed by atoms with E-state index in [0.717, 1.165) is 31.0 Å². The molecule has 112 valence electrons. The maximum Gasteiger partial charge on any atom is 0.224 e. The highest BCUT2D eigenvalue weighted by Gasteiger charge is 2.07. The van der Waals surface area contributed by atoms with Crippen molar-refractivity contribution in [2.24, 2.45) is 0 Å². The molecule has 0 fully saturated rings. The Hall–Kier alpha value is -2.17. The van der Waals surface area contributed by atoms with Crippen molar-refractivity contribution in [2.45, 2.75) is 33.6 Å². The van der Waals surface area contributed by atoms with Crippen LogP contribution >= 0.6 is 0 Å². The minimum Gasteiger partial charge on any atom is -0.439 e. The largest absolute Gasteiger partial charge is 0.439 e. The van der Waals surface area contributed by atoms with Crippen molar-refractivity contribution in [2.75, 3.05) is 11.9 Å². The smallest absolute Gasteiger partial charge is 0.224 e. The number of aryl methyl sites for hydroxylation is 2. The van der Waals surface area contributed by atoms with Gasteiger partial charge in [0.1, 0.15) is 23.2 Å². The molecule has 0 bridgehead atoms. The maximum absolute atomic E-state index is 13.6. The molecule has 2 aromatic rings. The highest BCUT2D eigenvalue weighted by molar-refractivity contribution is 5.40. The van der Waals surface area contributed by atoms with Gasteiger partial charge in [0.15, 0.2) is 0 Å². The minimum atomic E-state index is -0.290. The molecule has 0 radical (unpaired) electrons. The van der Waals surface area contributed by atoms with Gasteiger partial charge in [-0.15, -0.1) is 0 Å². The van der Waals surface area contributed by atoms with E-state index in [9.17, 15) is 4.39 Å². The summed E-state index contributed by atoms with van der Waals surface area (Å²) < 4.78 is 19.2. The third kappa shape index (κ3) is 4.15. The Bertz CT molecular complexity index is 592. The van der Waals surface area contributed by atoms with Gasteiger partial charge in [-0.2, -0.15) is 4.98 Å². The second kappa shape index (κ2) is 7.02. The van der Waals surface area contributed by atoms with Gasteiger partial charge in [-0.05, 0) is 31.9 Å². The predicted molar refractivity (Wildman–Crippen MR) is 81.4 cm³/mol. The van der Waals surface area contributed by atoms with Gasteiger partial charge in [0.2, 0.25) is 5.88 Å². The molecule has 0 aliphatic rings. The Labute approximate surface area is 124 Å². The fourth-order valence-corrected chi connectivity index (χ4v) is 1.89. The Kier molecular flexibility index (Phi) is 5.09. The van der Waals surface area contributed by atoms with Crippen LogP contribution in [0.5, 0.6) is 11.6 Å². The third-order valence-corrected chi connectivity index (χ3v) is 2.95. The standard InChI is InChI=1S/C16H20FN3O/c1-4-6-14-19-15(18-5-2)10-16(20-14)21-12-8-7-11(3)13(17)9-12/h7-10H,4-6H2,1-3H3,(H,18,19,20). The number of benzene rings is 1. The lowest BCUT2D eigenvalue weighted by Gasteiger charge is -2.10. The van der Waals surface area contributed by atoms with Crippen LogP contribution in [0.15, 0.2) is 24.3 Å². The Morgan fingerprint density at radius 3 is 2.67 bits per heavy atom. The number of anilines is 1. The number of ether oxygens (including phenoxy) is 1. The Morgan fingerprint density at radius 1 is 1.19 bits per heavy atom. The number of nitrogens with zero attached hydrogens (tertiary/aromatic N) is 2. The number of rotatable bonds is 6. The summed E-state index contributed by atoms with van der Waals surface area (Å²) in [5, 5.41) is 3.15. The molecule has 1 aromatic heterocycles. The number of halogens is 1. The zero-order valence-corrected chi connectivity index (χ0v) is 12.6. The van der Waals surface area contributed by atoms with Crippen LogP contribution in [0.4, 0.5) is 10.2 Å². The molecule has 5 heteroatoms. The number of aromatic nitrogens is 2. The summed E-state index contributed by atoms with van der Waals surface area (Å²) in [4.78, 5) is 8.77. The first-order valence-electron chi connectivity index (χ1n) is 7.18. The molecule has 0 saturated carbocycles. The molecule has 0 atom stereocenters. The van der Waals surface area contributed by atoms with E-state index in [1.54, 1.807) is 25.1 Å². The molecule has 0 unspecified atom stereocenters. The molecule has 0 amide bonds. The van der Waals surface area contributed by atoms with Crippen LogP contribution in [-0.2, 0) is 6.42 Å². The van der Waals surface area contributed by atoms with Gasteiger partial charge in [0.05, 0.1) is 0 Å². The van der Waals surface area contributed by atoms with Crippen LogP contribution in [0.1, 0.15) is 31.7 Å². The van der Waals surface area contributed by atoms with Gasteiger partial charge in [-0.25, -0.2) is 9.37 Å². The highest BCUT2D eigenvalue weighted by Crippen LogP contribution is 2.23. The first-order chi connectivity index (χ1) is 10.1. The third-order valence-electron chi connectivity index (χ3n) is 2.95. The first kappa shape index (κ1) is 15.2. The quantitative estimate of drug-likeness (QED) is 0.869. The Balaban J connectivity index is 2.26. The number of hydrogen-bond acceptors (Lipinski definition) is 4. The van der Waals surface area contributed by atoms with Crippen molar-refractivity contribution >= 4 is 5.82 Å². The van der Waals surface area contributed by atoms with Crippen molar-refractivity contribution in [3.05, 3.63) is 41.5 Å². The summed E-state index contributed by atoms with van der Waals surface area (Å²) in [7, 11) is 0. The van der Waals surface area contributed by atoms with E-state index in [-0.39, 0.29) is 5.82 Å². The molecular weight excluding hydrogens is 269 g/mol. The lowest BCUT2D eigenvalue weighted by atomic mass is 10.2. The van der Waals surface area contributed by atoms with Gasteiger partial charge in [-0.3, -0.25) is 0 Å². The van der Waals surface area contributed by atoms with E-state index in [1.165, 1.54) is 6.07 Å². The van der Waals surface area contributed by atoms with Gasteiger partial charge in [0.25, 0.3) is 0 Å². The summed E-state index contributed by atoms with van der Waals surface area (Å²) in [5.74, 6) is 2.01. The molecule has 1 N–H and O–H groups in total. The molecule has 1 aromatic carbocycles. The van der Waals surface area contributed by atoms with E-state index in [1.807, 2.05) is 6.92 Å². The lowest BCUT2D eigenvalue weighted by Crippen LogP contribution is -2.04. The highest BCUT2D eigenvalue weighted by atomic mass is 19.1. The summed E-state index contributed by atoms with van der Waals surface area (Å²) >= 11 is 0. The van der Waals surface area contributed by atoms with E-state index in [2.05, 4.69) is 22.2 Å². The predicted octanol–water partition coefficient (Wildman–Crippen LogP) is 4.10. The van der Waals surface area contributed by atoms with Crippen LogP contribution < -0.4 is 10.1 Å². The van der Waals surface area contributed by atoms with E-state index in [4.69, 9.17) is 4.74 Å². The molecule has 0 aliphatic carbocycles. The topological polar surface area (TPSA) is 47.0 Å². The van der Waals surface area contributed by atoms with E-state index in [0.29, 0.717) is 17.2 Å². The van der Waals surface area contributed by atoms with Crippen molar-refractivity contribution in [1.82, 2.24) is 9.97 Å². The molecule has 21 heavy (non-hydrogen) atoms. The van der Waals surface area contributed by atoms with Crippen LogP contribution in [0.2, 0.25) is 0 Å². The first-order valence-corrected chi connectivity index (χ1v) is 7.18. The van der Waals surface area contributed by atoms with E-state index < -0.39 is 0 Å². The second-order valence-electron chi connectivity index (χ2n) is 4.80. The molecule has 4 nitrogen and oxygen atoms in total. The van der Waals surface area contributed by atoms with E-state index >= 15 is 0 Å². The average Bonchev–Trinajstić information content (AvgIpc) is 2.43. The molecule has 2 rings (SSSR count). The van der Waals surface area contributed by atoms with Gasteiger partial charge in [-0.1, -0.05) is 13.0 Å². The SMILES string of the molecule is CCCc1nc(NCC)cc(Oc2ccc(C)c(F)c2)n1. The zero-order valence-electron chi connectivity index (χ0n) is 12.6. The minimum absolute atomic E-state index is 0.290. The Morgan fingerprint density at radius 2 is 2.00 bits per heavy atom. The normalized spacial score (nSPS) is 10.5. The summed E-state index contributed by atoms with van der Waals surface area (Å²) in [6.45, 7) is 6.55. The van der Waals surface area contributed by atoms with Gasteiger partial charge >= 0.3 is 0 Å². The summed E-state index contributed by atoms with van der Waals surface area (Å²) in [6.07, 6.45) is 1.73. The molecule has 0 saturated heterocycles. The van der Waals surface area contributed by atoms with Crippen LogP contribution in [0, 0.1) is 12.7 Å². The number of hydrogen-bond donors (Lipinski definition) is 1. The van der Waals surface area contributed by atoms with Crippen molar-refractivity contribution < 1.29 is 9.13 Å². The zero-order chi connectivity index (χ0) is 15.2. The lowest BCUT2D eigenvalue weighted by molar-refractivity contribution is 0.453. The van der Waals surface area contributed by atoms with Crippen molar-refractivity contribution in [3.8, 4) is 11.6 Å². The fourth-order valence-electron chi connectivity index (χ4n) is 1.89. The van der Waals surface area contributed by atoms with Crippen molar-refractivity contribution in [3.63, 3.8) is 0 Å². The van der Waals surface area contributed by atoms with Crippen LogP contribution in [0.25, 0.3) is 0 Å². The van der Waals surface area contributed by atoms with Crippen molar-refractivity contribution in [1.29, 1.82) is 0 Å². The molecule has 0 aliphatic heterocycles. The monoisotopic (exact) mass is 289 g/mol. The molecule has 0 spiro atoms. The number of nitrogens with one attached hydrogen (secondary N) is 1.